The number of hydrogen-bond donors (Lipinski definition) is 1. The Kier molecular flexibility index (Phi) is 25.5. The molecule has 3 unspecified atom stereocenters. The molecule has 5 amide bonds. The summed E-state index contributed by atoms with van der Waals surface area (Å²) in [5.74, 6) is 11.7. The van der Waals surface area contributed by atoms with Gasteiger partial charge in [-0.05, 0) is 269 Å². The molecule has 1 N–H and O–H groups in total. The van der Waals surface area contributed by atoms with Crippen LogP contribution in [-0.4, -0.2) is 183 Å². The van der Waals surface area contributed by atoms with Gasteiger partial charge in [0.05, 0.1) is 24.5 Å². The number of aryl methyl sites for hydroxylation is 3. The van der Waals surface area contributed by atoms with Gasteiger partial charge in [0, 0.05) is 202 Å². The molecule has 0 saturated heterocycles. The van der Waals surface area contributed by atoms with E-state index in [2.05, 4.69) is 127 Å². The molecule has 0 aromatic heterocycles. The molecule has 17 nitrogen and oxygen atoms in total. The number of halogens is 2. The number of carbonyl (C=O) groups is 6. The minimum Gasteiger partial charge on any atom is -0.478 e. The summed E-state index contributed by atoms with van der Waals surface area (Å²) in [6.45, 7) is 22.0. The first-order chi connectivity index (χ1) is 63.5. The molecule has 19 rings (SSSR count). The van der Waals surface area contributed by atoms with E-state index in [1.165, 1.54) is 97.6 Å². The van der Waals surface area contributed by atoms with Gasteiger partial charge in [-0.2, -0.15) is 0 Å². The first kappa shape index (κ1) is 90.8. The standard InChI is InChI=1S/C61H75FN5O3.C52H53FN4O5/c1-10-67-52-37-51-49(36-48(52)41(2)38-59(67,3)4)54(50-35-44-21-18-33-66-34-19-24-47(56(44)66)55(50)60(51,5)6)45-22-14-15-23-46(45)58(70)63(7)32-20-25-53(68)64(8)40-65(9)57(69)43-28-26-42(27-29-43)39-61(62)30-16-12-11-13-17-31-61;1-54(49(58)34-18-16-33(17-19-34)31-52(53)22-6-4-3-5-7-23-52)32-55(2)50(59)37-20-21-38(51(60)61)41(30-37)44-42-28-35-12-8-24-56-26-10-14-39(45(35)56)47(42)62-48-40-15-11-27-57-25-9-13-36(46(40)57)29-43(44)48/h14-15,22-23,26-29,35-37,41H,10-13,16,18-21,24-25,30,32-34,38-40H2,1-9H3;16-21,28-30H,3-6,8-15,22,24-27,31-32H2,1-2H3/q+1;/p+1. The highest BCUT2D eigenvalue weighted by molar-refractivity contribution is 6.05. The van der Waals surface area contributed by atoms with Crippen LogP contribution in [0.25, 0.3) is 11.1 Å². The third kappa shape index (κ3) is 17.5. The second-order valence-electron chi connectivity index (χ2n) is 40.7. The summed E-state index contributed by atoms with van der Waals surface area (Å²) in [6, 6.07) is 39.1. The number of anilines is 2. The van der Waals surface area contributed by atoms with Crippen molar-refractivity contribution in [2.75, 3.05) is 111 Å². The van der Waals surface area contributed by atoms with Crippen LogP contribution in [0.3, 0.4) is 0 Å². The summed E-state index contributed by atoms with van der Waals surface area (Å²) in [5.41, 5.74) is 20.4. The normalized spacial score (nSPS) is 20.1. The summed E-state index contributed by atoms with van der Waals surface area (Å²) in [5, 5.41) is 15.7. The van der Waals surface area contributed by atoms with Crippen LogP contribution in [0.4, 0.5) is 20.2 Å². The quantitative estimate of drug-likeness (QED) is 0.0442. The molecular formula is C113H129F2N9O8+2. The van der Waals surface area contributed by atoms with E-state index in [-0.39, 0.29) is 78.7 Å². The fourth-order valence-corrected chi connectivity index (χ4v) is 24.1. The fraction of sp³-hybridized carbons (Fsp3) is 0.469. The monoisotopic (exact) mass is 1780 g/mol. The highest BCUT2D eigenvalue weighted by Crippen LogP contribution is 2.53. The second kappa shape index (κ2) is 37.0. The molecule has 0 radical (unpaired) electrons. The molecule has 0 saturated carbocycles. The highest BCUT2D eigenvalue weighted by Gasteiger charge is 2.45. The molecule has 0 fully saturated rings. The Hall–Kier alpha value is -11.7. The van der Waals surface area contributed by atoms with Crippen molar-refractivity contribution in [2.45, 2.75) is 243 Å². The van der Waals surface area contributed by atoms with Gasteiger partial charge in [-0.3, -0.25) is 24.0 Å². The highest BCUT2D eigenvalue weighted by atomic mass is 19.1. The van der Waals surface area contributed by atoms with Gasteiger partial charge >= 0.3 is 5.97 Å². The number of benzene rings is 8. The Morgan fingerprint density at radius 3 is 1.67 bits per heavy atom. The Labute approximate surface area is 777 Å². The molecule has 8 aliphatic heterocycles. The predicted octanol–water partition coefficient (Wildman–Crippen LogP) is 16.2. The third-order valence-electron chi connectivity index (χ3n) is 30.4. The number of carboxylic acid groups (broad SMARTS) is 1. The van der Waals surface area contributed by atoms with Crippen molar-refractivity contribution in [3.05, 3.63) is 254 Å². The zero-order valence-electron chi connectivity index (χ0n) is 79.4. The van der Waals surface area contributed by atoms with Crippen LogP contribution in [0.5, 0.6) is 11.5 Å². The molecular weight excluding hydrogens is 1650 g/mol. The number of fused-ring (bicyclic) bond motifs is 8. The molecule has 0 bridgehead atoms. The lowest BCUT2D eigenvalue weighted by Gasteiger charge is -2.48. The van der Waals surface area contributed by atoms with Crippen LogP contribution in [0, 0.1) is 23.7 Å². The number of aromatic carboxylic acids is 1. The van der Waals surface area contributed by atoms with Crippen LogP contribution in [-0.2, 0) is 61.6 Å². The van der Waals surface area contributed by atoms with E-state index in [1.807, 2.05) is 31.3 Å². The van der Waals surface area contributed by atoms with E-state index >= 15 is 8.78 Å². The van der Waals surface area contributed by atoms with E-state index in [4.69, 9.17) is 4.74 Å². The lowest BCUT2D eigenvalue weighted by atomic mass is 9.64. The molecule has 0 spiro atoms. The van der Waals surface area contributed by atoms with Crippen molar-refractivity contribution in [3.63, 3.8) is 0 Å². The van der Waals surface area contributed by atoms with Gasteiger partial charge in [-0.25, -0.2) is 22.7 Å². The van der Waals surface area contributed by atoms with E-state index < -0.39 is 17.3 Å². The van der Waals surface area contributed by atoms with Crippen LogP contribution in [0.1, 0.15) is 305 Å². The van der Waals surface area contributed by atoms with Crippen LogP contribution >= 0.6 is 0 Å². The lowest BCUT2D eigenvalue weighted by molar-refractivity contribution is -0.131. The topological polar surface area (TPSA) is 161 Å². The number of amides is 5. The Morgan fingerprint density at radius 1 is 0.515 bits per heavy atom. The molecule has 8 aromatic rings. The number of ether oxygens (including phenoxy) is 1. The molecule has 686 valence electrons. The minimum absolute atomic E-state index is 0.00726. The summed E-state index contributed by atoms with van der Waals surface area (Å²) in [7, 11) is 8.52. The zero-order chi connectivity index (χ0) is 92.4. The average Bonchev–Trinajstić information content (AvgIpc) is 0.675. The van der Waals surface area contributed by atoms with Gasteiger partial charge in [-0.1, -0.05) is 99.8 Å². The molecule has 11 aliphatic rings. The number of rotatable bonds is 20. The van der Waals surface area contributed by atoms with Crippen molar-refractivity contribution in [3.8, 4) is 35.2 Å². The van der Waals surface area contributed by atoms with Crippen molar-refractivity contribution < 1.29 is 47.4 Å². The van der Waals surface area contributed by atoms with Crippen LogP contribution in [0.2, 0.25) is 0 Å². The third-order valence-corrected chi connectivity index (χ3v) is 30.4. The summed E-state index contributed by atoms with van der Waals surface area (Å²) in [6.07, 6.45) is 22.3. The van der Waals surface area contributed by atoms with Crippen molar-refractivity contribution in [2.24, 2.45) is 0 Å². The number of nitrogens with zero attached hydrogens (tertiary/aromatic N) is 9. The number of carboxylic acids is 1. The first-order valence-electron chi connectivity index (χ1n) is 49.0. The molecule has 3 aliphatic carbocycles. The van der Waals surface area contributed by atoms with E-state index in [0.29, 0.717) is 59.5 Å². The predicted molar refractivity (Wildman–Crippen MR) is 518 cm³/mol. The van der Waals surface area contributed by atoms with Crippen molar-refractivity contribution >= 4 is 58.0 Å². The van der Waals surface area contributed by atoms with E-state index in [9.17, 15) is 33.9 Å². The van der Waals surface area contributed by atoms with Gasteiger partial charge < -0.3 is 44.1 Å². The number of carbonyl (C=O) groups excluding carboxylic acids is 5. The largest absolute Gasteiger partial charge is 0.478 e. The Bertz CT molecular complexity index is 6440. The van der Waals surface area contributed by atoms with E-state index in [0.717, 1.165) is 231 Å². The van der Waals surface area contributed by atoms with Crippen molar-refractivity contribution in [1.29, 1.82) is 0 Å². The maximum atomic E-state index is 15.7. The van der Waals surface area contributed by atoms with Gasteiger partial charge in [0.1, 0.15) is 37.7 Å². The smallest absolute Gasteiger partial charge is 0.336 e. The molecule has 3 atom stereocenters. The van der Waals surface area contributed by atoms with E-state index in [1.54, 1.807) is 92.6 Å². The second-order valence-corrected chi connectivity index (χ2v) is 40.7. The summed E-state index contributed by atoms with van der Waals surface area (Å²) in [4.78, 5) is 96.0. The Morgan fingerprint density at radius 2 is 1.05 bits per heavy atom. The summed E-state index contributed by atoms with van der Waals surface area (Å²) < 4.78 is 43.6. The Balaban J connectivity index is 0.000000178. The van der Waals surface area contributed by atoms with Gasteiger partial charge in [0.15, 0.2) is 11.3 Å². The lowest BCUT2D eigenvalue weighted by Crippen LogP contribution is -2.50. The van der Waals surface area contributed by atoms with Gasteiger partial charge in [0.2, 0.25) is 16.6 Å². The molecule has 8 heterocycles. The fourth-order valence-electron chi connectivity index (χ4n) is 24.1. The van der Waals surface area contributed by atoms with Crippen molar-refractivity contribution in [1.82, 2.24) is 33.7 Å². The molecule has 19 heteroatoms. The van der Waals surface area contributed by atoms with Crippen LogP contribution < -0.4 is 44.8 Å². The zero-order valence-corrected chi connectivity index (χ0v) is 79.4. The first-order valence-corrected chi connectivity index (χ1v) is 49.0. The van der Waals surface area contributed by atoms with Gasteiger partial charge in [0.25, 0.3) is 23.6 Å². The maximum Gasteiger partial charge on any atom is 0.336 e. The van der Waals surface area contributed by atoms with Gasteiger partial charge in [-0.15, -0.1) is 0 Å². The average molecular weight is 1780 g/mol. The SMILES string of the molecule is CCN1c2cc3c(cc2C(C)CC1(C)C)C(c1ccccc1C(=O)N(C)CCCC(=O)N(C)CN(C)C(=O)c1ccc(CC2(F)C#CCCCCC2)cc1)=c1cc2c4c(c1C3(C)C)CCC[N+]=4CCC2.CN(CN(C)C(=O)c1ccc(C(=O)O)c(C2=c3cc4c5c(c3Oc3c2cc2c6c3CCCN6CCC2)CCC[N+]=5CCC4)c1)C(=O)c1ccc(CC2(F)C#CCCCCC2)cc1. The van der Waals surface area contributed by atoms with Crippen LogP contribution in [0.15, 0.2) is 121 Å². The summed E-state index contributed by atoms with van der Waals surface area (Å²) >= 11 is 0. The minimum atomic E-state index is -1.57. The molecule has 8 aromatic carbocycles. The maximum absolute atomic E-state index is 15.7. The number of hydrogen-bond acceptors (Lipinski definition) is 9. The number of alkyl halides is 2. The molecule has 132 heavy (non-hydrogen) atoms.